The van der Waals surface area contributed by atoms with Crippen molar-refractivity contribution in [1.29, 1.82) is 0 Å². The molecule has 0 aromatic heterocycles. The number of urea groups is 2. The number of nitrogens with one attached hydrogen (secondary N) is 10. The number of thioether (sulfide) groups is 2. The molecule has 10 atom stereocenters. The van der Waals surface area contributed by atoms with Crippen molar-refractivity contribution in [2.45, 2.75) is 213 Å². The van der Waals surface area contributed by atoms with E-state index in [2.05, 4.69) is 53.2 Å². The van der Waals surface area contributed by atoms with Crippen molar-refractivity contribution >= 4 is 132 Å². The molecule has 2 aromatic rings. The molecule has 5 aliphatic rings. The van der Waals surface area contributed by atoms with Crippen LogP contribution in [0.5, 0.6) is 34.5 Å². The third-order valence-corrected chi connectivity index (χ3v) is 27.5. The third kappa shape index (κ3) is 38.8. The van der Waals surface area contributed by atoms with Gasteiger partial charge in [0.1, 0.15) is 12.1 Å². The monoisotopic (exact) mass is 1870 g/mol. The van der Waals surface area contributed by atoms with Gasteiger partial charge in [-0.05, 0) is 146 Å². The molecule has 1 saturated carbocycles. The fourth-order valence-electron chi connectivity index (χ4n) is 14.0. The van der Waals surface area contributed by atoms with Crippen LogP contribution in [0.25, 0.3) is 0 Å². The summed E-state index contributed by atoms with van der Waals surface area (Å²) >= 11 is 3.50. The summed E-state index contributed by atoms with van der Waals surface area (Å²) in [6.07, 6.45) is 3.37. The number of hydrogen-bond donors (Lipinski definition) is 17. The summed E-state index contributed by atoms with van der Waals surface area (Å²) in [5.74, 6) is -9.26. The number of carbonyl (C=O) groups excluding carboxylic acids is 8. The first-order valence-electron chi connectivity index (χ1n) is 39.6. The Kier molecular flexibility index (Phi) is 40.2. The first-order valence-corrected chi connectivity index (χ1v) is 51.4. The highest BCUT2D eigenvalue weighted by molar-refractivity contribution is 8.00. The minimum atomic E-state index is -4.53. The zero-order valence-corrected chi connectivity index (χ0v) is 72.9. The Morgan fingerprint density at radius 3 is 1.02 bits per heavy atom. The van der Waals surface area contributed by atoms with Gasteiger partial charge in [-0.25, -0.2) is 9.59 Å². The van der Waals surface area contributed by atoms with E-state index in [9.17, 15) is 116 Å². The minimum Gasteiger partial charge on any atom is -0.489 e. The molecule has 0 radical (unpaired) electrons. The minimum absolute atomic E-state index is 0.000115. The second-order valence-electron chi connectivity index (χ2n) is 29.9. The van der Waals surface area contributed by atoms with Crippen molar-refractivity contribution in [2.75, 3.05) is 98.8 Å². The Labute approximate surface area is 711 Å². The lowest BCUT2D eigenvalue weighted by molar-refractivity contribution is -0.125. The molecule has 4 saturated heterocycles. The first-order chi connectivity index (χ1) is 56.9. The van der Waals surface area contributed by atoms with Gasteiger partial charge >= 0.3 is 12.1 Å². The maximum atomic E-state index is 14.9. The molecule has 10 amide bonds. The third-order valence-electron chi connectivity index (χ3n) is 19.7. The summed E-state index contributed by atoms with van der Waals surface area (Å²) in [7, 11) is -27.1. The molecule has 5 fully saturated rings. The number of nitrogens with two attached hydrogens (primary N) is 1. The van der Waals surface area contributed by atoms with Crippen LogP contribution < -0.4 is 87.3 Å². The van der Waals surface area contributed by atoms with Gasteiger partial charge in [-0.1, -0.05) is 12.8 Å². The molecule has 121 heavy (non-hydrogen) atoms. The Balaban J connectivity index is 1.12. The Hall–Kier alpha value is -7.28. The molecule has 686 valence electrons. The van der Waals surface area contributed by atoms with E-state index < -0.39 is 189 Å². The molecule has 43 nitrogen and oxygen atoms in total. The maximum absolute atomic E-state index is 14.9. The largest absolute Gasteiger partial charge is 0.489 e. The summed E-state index contributed by atoms with van der Waals surface area (Å²) in [6.45, 7) is -2.54. The molecule has 18 N–H and O–H groups in total. The van der Waals surface area contributed by atoms with Crippen molar-refractivity contribution in [3.63, 3.8) is 0 Å². The highest BCUT2D eigenvalue weighted by Crippen LogP contribution is 2.42. The number of benzene rings is 2. The Morgan fingerprint density at radius 1 is 0.413 bits per heavy atom. The second kappa shape index (κ2) is 48.3. The zero-order valence-electron chi connectivity index (χ0n) is 66.4. The molecule has 10 unspecified atom stereocenters. The van der Waals surface area contributed by atoms with Gasteiger partial charge < -0.3 is 87.3 Å². The SMILES string of the molecule is NC1CC(NC(=O)C(CCCCNC(=O)CCCCC2SCC3NC(=O)NC32)NC(=O)c2cc(OCCCS(=O)(=O)O)c(OCCCS(=O)(=O)O)c(OCCCS(=O)(=O)O)c2)CC(NC(=O)C(CCCCNC(=O)CCCCC2SCC3NC(=O)NC32)NC(=O)c2cc(OCCCS(=O)(=O)O)c(OCCCS(=O)(=O)O)c(OCCCS(=O)(=O)O)c2)C1. The average Bonchev–Trinajstić information content (AvgIpc) is 1.61. The second-order valence-corrected chi connectivity index (χ2v) is 41.9. The molecule has 0 spiro atoms. The normalized spacial score (nSPS) is 20.8. The van der Waals surface area contributed by atoms with E-state index >= 15 is 0 Å². The first kappa shape index (κ1) is 101. The molecular formula is C70H111N11O32S8. The number of carbonyl (C=O) groups is 8. The standard InChI is InChI=1S/C70H111N11O32S8/c71-46-39-47(74-67(86)49(15-5-7-21-72-59(82)19-3-1-17-57-61-51(42-114-57)78-69(88)80-61)76-65(84)44-35-53(108-23-9-29-116(90,91)92)63(112-27-13-33-120(102,103)104)54(36-44)109-24-10-30-117(93,94)95)41-48(40-46)75-68(87)50(16-6-8-22-73-60(83)20-4-2-18-58-62-52(43-115-58)79-70(89)81-62)77-66(85)45-37-55(110-25-11-31-118(96,97)98)64(113-28-14-34-121(105,106)107)56(38-45)111-26-12-32-119(99,100)101/h35-38,46-52,57-58,61-62H,1-34,39-43,71H2,(H,72,82)(H,73,83)(H,74,86)(H,75,87)(H,76,84)(H,77,85)(H2,78,80,88)(H2,79,81,89)(H,90,91,92)(H,93,94,95)(H,96,97,98)(H,99,100,101)(H,102,103,104)(H,105,106,107). The number of ether oxygens (including phenoxy) is 6. The molecule has 4 aliphatic heterocycles. The van der Waals surface area contributed by atoms with E-state index in [-0.39, 0.29) is 226 Å². The smallest absolute Gasteiger partial charge is 0.315 e. The van der Waals surface area contributed by atoms with Crippen molar-refractivity contribution < 1.29 is 145 Å². The molecule has 4 heterocycles. The lowest BCUT2D eigenvalue weighted by Crippen LogP contribution is -2.57. The quantitative estimate of drug-likeness (QED) is 0.0250. The van der Waals surface area contributed by atoms with E-state index in [0.717, 1.165) is 48.6 Å². The number of rotatable bonds is 58. The predicted octanol–water partition coefficient (Wildman–Crippen LogP) is 1.03. The lowest BCUT2D eigenvalue weighted by atomic mass is 9.87. The Bertz CT molecular complexity index is 4170. The fraction of sp³-hybridized carbons (Fsp3) is 0.714. The van der Waals surface area contributed by atoms with Crippen LogP contribution in [0, 0.1) is 0 Å². The van der Waals surface area contributed by atoms with E-state index in [1.807, 2.05) is 0 Å². The predicted molar refractivity (Wildman–Crippen MR) is 442 cm³/mol. The van der Waals surface area contributed by atoms with Crippen LogP contribution in [0.4, 0.5) is 9.59 Å². The topological polar surface area (TPSA) is 664 Å². The molecular weight excluding hydrogens is 1760 g/mol. The van der Waals surface area contributed by atoms with Gasteiger partial charge in [0.25, 0.3) is 72.5 Å². The summed E-state index contributed by atoms with van der Waals surface area (Å²) < 4.78 is 232. The highest BCUT2D eigenvalue weighted by Gasteiger charge is 2.44. The fourth-order valence-corrected chi connectivity index (χ4v) is 20.0. The highest BCUT2D eigenvalue weighted by atomic mass is 32.2. The van der Waals surface area contributed by atoms with Gasteiger partial charge in [-0.3, -0.25) is 56.1 Å². The summed E-state index contributed by atoms with van der Waals surface area (Å²) in [4.78, 5) is 109. The maximum Gasteiger partial charge on any atom is 0.315 e. The van der Waals surface area contributed by atoms with Crippen LogP contribution in [0.2, 0.25) is 0 Å². The average molecular weight is 1880 g/mol. The number of fused-ring (bicyclic) bond motifs is 2. The van der Waals surface area contributed by atoms with Gasteiger partial charge in [-0.2, -0.15) is 74.0 Å². The van der Waals surface area contributed by atoms with Crippen molar-refractivity contribution in [1.82, 2.24) is 53.2 Å². The van der Waals surface area contributed by atoms with Crippen LogP contribution in [0.3, 0.4) is 0 Å². The molecule has 0 bridgehead atoms. The van der Waals surface area contributed by atoms with E-state index in [4.69, 9.17) is 34.2 Å². The van der Waals surface area contributed by atoms with E-state index in [1.165, 1.54) is 0 Å². The molecule has 7 rings (SSSR count). The van der Waals surface area contributed by atoms with Crippen LogP contribution in [-0.4, -0.2) is 289 Å². The molecule has 1 aliphatic carbocycles. The van der Waals surface area contributed by atoms with Crippen molar-refractivity contribution in [2.24, 2.45) is 5.73 Å². The number of amides is 10. The van der Waals surface area contributed by atoms with Gasteiger partial charge in [0.15, 0.2) is 23.0 Å². The van der Waals surface area contributed by atoms with E-state index in [0.29, 0.717) is 25.7 Å². The number of hydrogen-bond acceptors (Lipinski definition) is 29. The summed E-state index contributed by atoms with van der Waals surface area (Å²) in [5.41, 5.74) is 6.04. The van der Waals surface area contributed by atoms with Gasteiger partial charge in [-0.15, -0.1) is 0 Å². The van der Waals surface area contributed by atoms with Gasteiger partial charge in [0, 0.05) is 77.2 Å². The van der Waals surface area contributed by atoms with Crippen LogP contribution in [-0.2, 0) is 79.9 Å². The van der Waals surface area contributed by atoms with Gasteiger partial charge in [0.2, 0.25) is 35.1 Å². The Morgan fingerprint density at radius 2 is 0.719 bits per heavy atom. The summed E-state index contributed by atoms with van der Waals surface area (Å²) in [5, 5.41) is 29.1. The van der Waals surface area contributed by atoms with Crippen LogP contribution >= 0.6 is 23.5 Å². The van der Waals surface area contributed by atoms with Crippen LogP contribution in [0.15, 0.2) is 24.3 Å². The molecule has 2 aromatic carbocycles. The number of unbranched alkanes of at least 4 members (excludes halogenated alkanes) is 4. The van der Waals surface area contributed by atoms with Crippen molar-refractivity contribution in [3.8, 4) is 34.5 Å². The zero-order chi connectivity index (χ0) is 88.7. The van der Waals surface area contributed by atoms with E-state index in [1.54, 1.807) is 23.5 Å². The van der Waals surface area contributed by atoms with Crippen molar-refractivity contribution in [3.05, 3.63) is 35.4 Å². The lowest BCUT2D eigenvalue weighted by Gasteiger charge is -2.35. The molecule has 51 heteroatoms. The summed E-state index contributed by atoms with van der Waals surface area (Å²) in [6, 6.07) is -1.25. The van der Waals surface area contributed by atoms with Crippen LogP contribution in [0.1, 0.15) is 168 Å². The van der Waals surface area contributed by atoms with Gasteiger partial charge in [0.05, 0.1) is 98.3 Å².